The van der Waals surface area contributed by atoms with Crippen LogP contribution in [0.1, 0.15) is 21.5 Å². The number of carbonyl (C=O) groups is 1. The van der Waals surface area contributed by atoms with Gasteiger partial charge in [0.05, 0.1) is 37.3 Å². The standard InChI is InChI=1S/C28H24ClFN4O7/c1-39-20-8-4-17(5-9-20)14-32(15-18-6-10-21(40-2)11-7-18)26-24(28(36)41-3)27(35)33(16-31-26)25-22(29)12-19(30)13-23(25)34(37)38/h4-13,16H,14-15H2,1-3H3. The molecule has 0 fully saturated rings. The van der Waals surface area contributed by atoms with Gasteiger partial charge in [0.1, 0.15) is 29.3 Å². The first kappa shape index (κ1) is 29.0. The van der Waals surface area contributed by atoms with E-state index in [2.05, 4.69) is 4.98 Å². The molecule has 1 aromatic heterocycles. The number of hydrogen-bond donors (Lipinski definition) is 0. The number of anilines is 1. The zero-order chi connectivity index (χ0) is 29.7. The highest BCUT2D eigenvalue weighted by Crippen LogP contribution is 2.32. The van der Waals surface area contributed by atoms with E-state index in [0.29, 0.717) is 17.6 Å². The van der Waals surface area contributed by atoms with Crippen molar-refractivity contribution in [3.05, 3.63) is 115 Å². The van der Waals surface area contributed by atoms with Gasteiger partial charge in [-0.05, 0) is 41.5 Å². The molecule has 0 atom stereocenters. The van der Waals surface area contributed by atoms with Gasteiger partial charge in [-0.15, -0.1) is 0 Å². The Kier molecular flexibility index (Phi) is 8.83. The third-order valence-electron chi connectivity index (χ3n) is 6.15. The van der Waals surface area contributed by atoms with Crippen LogP contribution in [0.5, 0.6) is 11.5 Å². The molecule has 41 heavy (non-hydrogen) atoms. The van der Waals surface area contributed by atoms with Gasteiger partial charge in [0.2, 0.25) is 0 Å². The maximum Gasteiger partial charge on any atom is 0.347 e. The summed E-state index contributed by atoms with van der Waals surface area (Å²) in [6, 6.07) is 15.8. The zero-order valence-electron chi connectivity index (χ0n) is 22.2. The lowest BCUT2D eigenvalue weighted by molar-refractivity contribution is -0.384. The van der Waals surface area contributed by atoms with E-state index < -0.39 is 44.2 Å². The van der Waals surface area contributed by atoms with Gasteiger partial charge in [0.15, 0.2) is 11.4 Å². The summed E-state index contributed by atoms with van der Waals surface area (Å²) >= 11 is 6.14. The maximum absolute atomic E-state index is 13.9. The van der Waals surface area contributed by atoms with Crippen LogP contribution < -0.4 is 19.9 Å². The van der Waals surface area contributed by atoms with E-state index in [1.54, 1.807) is 43.4 Å². The highest BCUT2D eigenvalue weighted by Gasteiger charge is 2.29. The fraction of sp³-hybridized carbons (Fsp3) is 0.179. The molecule has 0 aliphatic heterocycles. The monoisotopic (exact) mass is 582 g/mol. The number of ether oxygens (including phenoxy) is 3. The predicted octanol–water partition coefficient (Wildman–Crippen LogP) is 4.94. The second-order valence-electron chi connectivity index (χ2n) is 8.67. The molecule has 0 aliphatic carbocycles. The van der Waals surface area contributed by atoms with Gasteiger partial charge in [0.25, 0.3) is 11.2 Å². The number of rotatable bonds is 10. The molecule has 0 saturated carbocycles. The number of nitrogens with zero attached hydrogens (tertiary/aromatic N) is 4. The number of carbonyl (C=O) groups excluding carboxylic acids is 1. The van der Waals surface area contributed by atoms with Gasteiger partial charge in [-0.3, -0.25) is 19.5 Å². The molecule has 13 heteroatoms. The van der Waals surface area contributed by atoms with Crippen molar-refractivity contribution in [2.75, 3.05) is 26.2 Å². The molecular formula is C28H24ClFN4O7. The lowest BCUT2D eigenvalue weighted by Crippen LogP contribution is -2.33. The lowest BCUT2D eigenvalue weighted by Gasteiger charge is -2.26. The molecule has 3 aromatic carbocycles. The highest BCUT2D eigenvalue weighted by molar-refractivity contribution is 6.32. The van der Waals surface area contributed by atoms with E-state index in [9.17, 15) is 24.1 Å². The van der Waals surface area contributed by atoms with Gasteiger partial charge in [0, 0.05) is 13.1 Å². The maximum atomic E-state index is 13.9. The number of nitro benzene ring substituents is 1. The lowest BCUT2D eigenvalue weighted by atomic mass is 10.1. The van der Waals surface area contributed by atoms with Crippen molar-refractivity contribution < 1.29 is 28.3 Å². The van der Waals surface area contributed by atoms with E-state index in [1.165, 1.54) is 0 Å². The summed E-state index contributed by atoms with van der Waals surface area (Å²) in [6.07, 6.45) is 1.01. The topological polar surface area (TPSA) is 126 Å². The molecule has 0 saturated heterocycles. The van der Waals surface area contributed by atoms with Crippen LogP contribution in [0.2, 0.25) is 5.02 Å². The van der Waals surface area contributed by atoms with Crippen LogP contribution in [0.3, 0.4) is 0 Å². The van der Waals surface area contributed by atoms with Crippen LogP contribution in [0.25, 0.3) is 5.69 Å². The first-order valence-electron chi connectivity index (χ1n) is 12.0. The molecule has 0 radical (unpaired) electrons. The largest absolute Gasteiger partial charge is 0.497 e. The Morgan fingerprint density at radius 3 is 2.00 bits per heavy atom. The minimum absolute atomic E-state index is 0.0365. The molecule has 0 bridgehead atoms. The average Bonchev–Trinajstić information content (AvgIpc) is 2.97. The third kappa shape index (κ3) is 6.28. The van der Waals surface area contributed by atoms with Crippen molar-refractivity contribution in [2.45, 2.75) is 13.1 Å². The first-order chi connectivity index (χ1) is 19.7. The molecule has 0 spiro atoms. The van der Waals surface area contributed by atoms with Crippen LogP contribution in [0.15, 0.2) is 71.8 Å². The van der Waals surface area contributed by atoms with Crippen molar-refractivity contribution in [2.24, 2.45) is 0 Å². The van der Waals surface area contributed by atoms with Crippen LogP contribution in [-0.4, -0.2) is 41.8 Å². The first-order valence-corrected chi connectivity index (χ1v) is 12.4. The van der Waals surface area contributed by atoms with Crippen molar-refractivity contribution in [3.8, 4) is 17.2 Å². The second-order valence-corrected chi connectivity index (χ2v) is 9.08. The molecule has 0 unspecified atom stereocenters. The quantitative estimate of drug-likeness (QED) is 0.145. The van der Waals surface area contributed by atoms with E-state index in [0.717, 1.165) is 35.2 Å². The normalized spacial score (nSPS) is 10.7. The van der Waals surface area contributed by atoms with Gasteiger partial charge < -0.3 is 19.1 Å². The fourth-order valence-corrected chi connectivity index (χ4v) is 4.46. The molecule has 1 heterocycles. The molecular weight excluding hydrogens is 559 g/mol. The summed E-state index contributed by atoms with van der Waals surface area (Å²) in [7, 11) is 4.18. The van der Waals surface area contributed by atoms with E-state index in [-0.39, 0.29) is 18.9 Å². The SMILES string of the molecule is COC(=O)c1c(N(Cc2ccc(OC)cc2)Cc2ccc(OC)cc2)ncn(-c2c(Cl)cc(F)cc2[N+](=O)[O-])c1=O. The summed E-state index contributed by atoms with van der Waals surface area (Å²) in [4.78, 5) is 43.6. The Morgan fingerprint density at radius 2 is 1.54 bits per heavy atom. The minimum atomic E-state index is -1.03. The number of aromatic nitrogens is 2. The highest BCUT2D eigenvalue weighted by atomic mass is 35.5. The molecule has 212 valence electrons. The molecule has 0 amide bonds. The number of methoxy groups -OCH3 is 3. The summed E-state index contributed by atoms with van der Waals surface area (Å²) in [5, 5.41) is 11.3. The van der Waals surface area contributed by atoms with Crippen LogP contribution in [0.4, 0.5) is 15.9 Å². The van der Waals surface area contributed by atoms with Gasteiger partial charge in [-0.1, -0.05) is 35.9 Å². The predicted molar refractivity (Wildman–Crippen MR) is 149 cm³/mol. The summed E-state index contributed by atoms with van der Waals surface area (Å²) < 4.78 is 30.0. The van der Waals surface area contributed by atoms with Crippen molar-refractivity contribution in [1.82, 2.24) is 9.55 Å². The molecule has 11 nitrogen and oxygen atoms in total. The number of hydrogen-bond acceptors (Lipinski definition) is 9. The Bertz CT molecular complexity index is 1590. The number of nitro groups is 1. The molecule has 4 aromatic rings. The Balaban J connectivity index is 1.90. The second kappa shape index (κ2) is 12.5. The molecule has 0 aliphatic rings. The Hall–Kier alpha value is -4.97. The van der Waals surface area contributed by atoms with Crippen molar-refractivity contribution >= 4 is 29.1 Å². The third-order valence-corrected chi connectivity index (χ3v) is 6.44. The smallest absolute Gasteiger partial charge is 0.347 e. The van der Waals surface area contributed by atoms with Crippen molar-refractivity contribution in [1.29, 1.82) is 0 Å². The molecule has 4 rings (SSSR count). The Morgan fingerprint density at radius 1 is 1.00 bits per heavy atom. The molecule has 0 N–H and O–H groups in total. The van der Waals surface area contributed by atoms with Crippen LogP contribution >= 0.6 is 11.6 Å². The average molecular weight is 583 g/mol. The number of halogens is 2. The van der Waals surface area contributed by atoms with Crippen LogP contribution in [-0.2, 0) is 17.8 Å². The fourth-order valence-electron chi connectivity index (χ4n) is 4.16. The van der Waals surface area contributed by atoms with E-state index in [1.807, 2.05) is 24.3 Å². The zero-order valence-corrected chi connectivity index (χ0v) is 22.9. The van der Waals surface area contributed by atoms with E-state index >= 15 is 0 Å². The van der Waals surface area contributed by atoms with Crippen LogP contribution in [0, 0.1) is 15.9 Å². The van der Waals surface area contributed by atoms with Gasteiger partial charge in [-0.2, -0.15) is 0 Å². The number of benzene rings is 3. The van der Waals surface area contributed by atoms with E-state index in [4.69, 9.17) is 25.8 Å². The summed E-state index contributed by atoms with van der Waals surface area (Å²) in [6.45, 7) is 0.405. The van der Waals surface area contributed by atoms with Crippen molar-refractivity contribution in [3.63, 3.8) is 0 Å². The minimum Gasteiger partial charge on any atom is -0.497 e. The number of esters is 1. The Labute approximate surface area is 238 Å². The van der Waals surface area contributed by atoms with Gasteiger partial charge >= 0.3 is 5.97 Å². The summed E-state index contributed by atoms with van der Waals surface area (Å²) in [5.74, 6) is -0.748. The van der Waals surface area contributed by atoms with Gasteiger partial charge in [-0.25, -0.2) is 14.2 Å². The summed E-state index contributed by atoms with van der Waals surface area (Å²) in [5.41, 5.74) is -1.10.